The molecule has 1 aromatic carbocycles. The maximum Gasteiger partial charge on any atom is 0.260 e. The second-order valence-corrected chi connectivity index (χ2v) is 5.21. The van der Waals surface area contributed by atoms with Gasteiger partial charge in [0.15, 0.2) is 6.61 Å². The van der Waals surface area contributed by atoms with E-state index in [9.17, 15) is 14.0 Å². The van der Waals surface area contributed by atoms with Crippen LogP contribution in [-0.4, -0.2) is 54.4 Å². The quantitative estimate of drug-likeness (QED) is 0.850. The van der Waals surface area contributed by atoms with Crippen LogP contribution in [0.2, 0.25) is 0 Å². The second kappa shape index (κ2) is 7.77. The van der Waals surface area contributed by atoms with Crippen LogP contribution >= 0.6 is 0 Å². The van der Waals surface area contributed by atoms with Gasteiger partial charge in [0, 0.05) is 38.7 Å². The van der Waals surface area contributed by atoms with Gasteiger partial charge in [0.2, 0.25) is 5.91 Å². The van der Waals surface area contributed by atoms with Gasteiger partial charge in [-0.2, -0.15) is 0 Å². The maximum atomic E-state index is 13.0. The van der Waals surface area contributed by atoms with Crippen molar-refractivity contribution in [2.24, 2.45) is 0 Å². The fourth-order valence-corrected chi connectivity index (χ4v) is 2.43. The number of ether oxygens (including phenoxy) is 1. The first-order chi connectivity index (χ1) is 10.6. The summed E-state index contributed by atoms with van der Waals surface area (Å²) >= 11 is 0. The van der Waals surface area contributed by atoms with Crippen molar-refractivity contribution < 1.29 is 18.7 Å². The van der Waals surface area contributed by atoms with E-state index < -0.39 is 5.82 Å². The molecule has 22 heavy (non-hydrogen) atoms. The predicted molar refractivity (Wildman–Crippen MR) is 80.0 cm³/mol. The summed E-state index contributed by atoms with van der Waals surface area (Å²) in [4.78, 5) is 27.3. The van der Waals surface area contributed by atoms with Crippen molar-refractivity contribution in [2.75, 3.05) is 32.8 Å². The van der Waals surface area contributed by atoms with Gasteiger partial charge in [0.1, 0.15) is 11.6 Å². The first-order valence-corrected chi connectivity index (χ1v) is 7.54. The summed E-state index contributed by atoms with van der Waals surface area (Å²) in [5, 5.41) is 0. The van der Waals surface area contributed by atoms with Crippen molar-refractivity contribution in [1.82, 2.24) is 9.80 Å². The SMILES string of the molecule is CCC(=O)N1CCCN(C(=O)COc2cccc(F)c2)CC1. The molecule has 2 amide bonds. The molecular weight excluding hydrogens is 287 g/mol. The summed E-state index contributed by atoms with van der Waals surface area (Å²) < 4.78 is 18.4. The molecule has 0 N–H and O–H groups in total. The Labute approximate surface area is 129 Å². The van der Waals surface area contributed by atoms with Crippen LogP contribution in [0.3, 0.4) is 0 Å². The molecule has 5 nitrogen and oxygen atoms in total. The van der Waals surface area contributed by atoms with E-state index in [2.05, 4.69) is 0 Å². The lowest BCUT2D eigenvalue weighted by Gasteiger charge is -2.22. The Morgan fingerprint density at radius 2 is 1.82 bits per heavy atom. The molecule has 1 aliphatic rings. The van der Waals surface area contributed by atoms with Gasteiger partial charge in [-0.05, 0) is 18.6 Å². The molecule has 6 heteroatoms. The van der Waals surface area contributed by atoms with Gasteiger partial charge in [0.05, 0.1) is 0 Å². The summed E-state index contributed by atoms with van der Waals surface area (Å²) in [6.45, 7) is 4.07. The second-order valence-electron chi connectivity index (χ2n) is 5.21. The Balaban J connectivity index is 1.84. The van der Waals surface area contributed by atoms with Crippen LogP contribution in [0.1, 0.15) is 19.8 Å². The van der Waals surface area contributed by atoms with Crippen molar-refractivity contribution in [1.29, 1.82) is 0 Å². The molecule has 0 aliphatic carbocycles. The lowest BCUT2D eigenvalue weighted by molar-refractivity contribution is -0.134. The fourth-order valence-electron chi connectivity index (χ4n) is 2.43. The highest BCUT2D eigenvalue weighted by Crippen LogP contribution is 2.12. The van der Waals surface area contributed by atoms with Crippen molar-refractivity contribution >= 4 is 11.8 Å². The molecule has 1 saturated heterocycles. The molecule has 1 fully saturated rings. The Morgan fingerprint density at radius 3 is 2.45 bits per heavy atom. The third-order valence-electron chi connectivity index (χ3n) is 3.66. The third-order valence-corrected chi connectivity index (χ3v) is 3.66. The molecule has 0 atom stereocenters. The molecular formula is C16H21FN2O3. The summed E-state index contributed by atoms with van der Waals surface area (Å²) in [6.07, 6.45) is 1.24. The molecule has 0 spiro atoms. The topological polar surface area (TPSA) is 49.9 Å². The molecule has 120 valence electrons. The first-order valence-electron chi connectivity index (χ1n) is 7.54. The molecule has 1 heterocycles. The van der Waals surface area contributed by atoms with Gasteiger partial charge in [-0.25, -0.2) is 4.39 Å². The van der Waals surface area contributed by atoms with E-state index in [4.69, 9.17) is 4.74 Å². The highest BCUT2D eigenvalue weighted by molar-refractivity contribution is 5.78. The number of hydrogen-bond acceptors (Lipinski definition) is 3. The Kier molecular flexibility index (Phi) is 5.75. The number of hydrogen-bond donors (Lipinski definition) is 0. The zero-order chi connectivity index (χ0) is 15.9. The monoisotopic (exact) mass is 308 g/mol. The highest BCUT2D eigenvalue weighted by Gasteiger charge is 2.21. The van der Waals surface area contributed by atoms with Crippen molar-refractivity contribution in [3.8, 4) is 5.75 Å². The molecule has 0 aromatic heterocycles. The zero-order valence-electron chi connectivity index (χ0n) is 12.8. The van der Waals surface area contributed by atoms with Crippen LogP contribution in [0.15, 0.2) is 24.3 Å². The molecule has 0 bridgehead atoms. The summed E-state index contributed by atoms with van der Waals surface area (Å²) in [5.74, 6) is -0.0835. The van der Waals surface area contributed by atoms with E-state index in [1.165, 1.54) is 18.2 Å². The van der Waals surface area contributed by atoms with Crippen molar-refractivity contribution in [3.05, 3.63) is 30.1 Å². The van der Waals surface area contributed by atoms with E-state index in [1.807, 2.05) is 6.92 Å². The summed E-state index contributed by atoms with van der Waals surface area (Å²) in [7, 11) is 0. The van der Waals surface area contributed by atoms with Gasteiger partial charge in [-0.1, -0.05) is 13.0 Å². The van der Waals surface area contributed by atoms with Crippen molar-refractivity contribution in [2.45, 2.75) is 19.8 Å². The normalized spacial score (nSPS) is 15.4. The molecule has 2 rings (SSSR count). The van der Waals surface area contributed by atoms with Gasteiger partial charge >= 0.3 is 0 Å². The minimum absolute atomic E-state index is 0.116. The zero-order valence-corrected chi connectivity index (χ0v) is 12.8. The maximum absolute atomic E-state index is 13.0. The largest absolute Gasteiger partial charge is 0.484 e. The summed E-state index contributed by atoms with van der Waals surface area (Å²) in [6, 6.07) is 5.72. The predicted octanol–water partition coefficient (Wildman–Crippen LogP) is 1.68. The van der Waals surface area contributed by atoms with Crippen LogP contribution in [0, 0.1) is 5.82 Å². The Bertz CT molecular complexity index is 536. The van der Waals surface area contributed by atoms with E-state index in [0.717, 1.165) is 6.42 Å². The van der Waals surface area contributed by atoms with Crippen LogP contribution in [-0.2, 0) is 9.59 Å². The molecule has 1 aliphatic heterocycles. The highest BCUT2D eigenvalue weighted by atomic mass is 19.1. The Hall–Kier alpha value is -2.11. The van der Waals surface area contributed by atoms with Crippen molar-refractivity contribution in [3.63, 3.8) is 0 Å². The number of benzene rings is 1. The van der Waals surface area contributed by atoms with Crippen LogP contribution in [0.5, 0.6) is 5.75 Å². The molecule has 1 aromatic rings. The number of nitrogens with zero attached hydrogens (tertiary/aromatic N) is 2. The first kappa shape index (κ1) is 16.3. The minimum Gasteiger partial charge on any atom is -0.484 e. The number of rotatable bonds is 4. The Morgan fingerprint density at radius 1 is 1.14 bits per heavy atom. The van der Waals surface area contributed by atoms with Crippen LogP contribution in [0.4, 0.5) is 4.39 Å². The van der Waals surface area contributed by atoms with Gasteiger partial charge in [-0.3, -0.25) is 9.59 Å². The smallest absolute Gasteiger partial charge is 0.260 e. The molecule has 0 saturated carbocycles. The lowest BCUT2D eigenvalue weighted by Crippen LogP contribution is -2.39. The number of carbonyl (C=O) groups excluding carboxylic acids is 2. The number of carbonyl (C=O) groups is 2. The van der Waals surface area contributed by atoms with Gasteiger partial charge in [0.25, 0.3) is 5.91 Å². The van der Waals surface area contributed by atoms with E-state index in [1.54, 1.807) is 15.9 Å². The van der Waals surface area contributed by atoms with Gasteiger partial charge < -0.3 is 14.5 Å². The van der Waals surface area contributed by atoms with Crippen LogP contribution in [0.25, 0.3) is 0 Å². The van der Waals surface area contributed by atoms with Crippen LogP contribution < -0.4 is 4.74 Å². The van der Waals surface area contributed by atoms with E-state index >= 15 is 0 Å². The van der Waals surface area contributed by atoms with Gasteiger partial charge in [-0.15, -0.1) is 0 Å². The number of amides is 2. The van der Waals surface area contributed by atoms with E-state index in [-0.39, 0.29) is 18.4 Å². The molecule has 0 unspecified atom stereocenters. The van der Waals surface area contributed by atoms with E-state index in [0.29, 0.717) is 38.3 Å². The molecule has 0 radical (unpaired) electrons. The standard InChI is InChI=1S/C16H21FN2O3/c1-2-15(20)18-7-4-8-19(10-9-18)16(21)12-22-14-6-3-5-13(17)11-14/h3,5-6,11H,2,4,7-10,12H2,1H3. The fraction of sp³-hybridized carbons (Fsp3) is 0.500. The lowest BCUT2D eigenvalue weighted by atomic mass is 10.3. The average molecular weight is 308 g/mol. The summed E-state index contributed by atoms with van der Waals surface area (Å²) in [5.41, 5.74) is 0. The number of halogens is 1. The minimum atomic E-state index is -0.395. The third kappa shape index (κ3) is 4.44. The average Bonchev–Trinajstić information content (AvgIpc) is 2.78.